The van der Waals surface area contributed by atoms with Crippen molar-refractivity contribution < 1.29 is 9.59 Å². The van der Waals surface area contributed by atoms with Gasteiger partial charge in [0.25, 0.3) is 5.91 Å². The third kappa shape index (κ3) is 3.31. The van der Waals surface area contributed by atoms with E-state index in [4.69, 9.17) is 0 Å². The van der Waals surface area contributed by atoms with Gasteiger partial charge in [-0.2, -0.15) is 0 Å². The number of carbonyl (C=O) groups excluding carboxylic acids is 2. The molecule has 0 saturated carbocycles. The normalized spacial score (nSPS) is 13.8. The zero-order chi connectivity index (χ0) is 16.2. The Balaban J connectivity index is 1.80. The molecule has 2 aromatic rings. The molecular weight excluding hydrogens is 288 g/mol. The maximum Gasteiger partial charge on any atom is 0.251 e. The molecule has 1 aliphatic heterocycles. The Morgan fingerprint density at radius 3 is 2.65 bits per heavy atom. The highest BCUT2D eigenvalue weighted by molar-refractivity contribution is 6.13. The number of hydrogen-bond donors (Lipinski definition) is 1. The summed E-state index contributed by atoms with van der Waals surface area (Å²) in [5, 5.41) is 2.77. The molecule has 0 bridgehead atoms. The lowest BCUT2D eigenvalue weighted by Crippen LogP contribution is -2.41. The number of hydrogen-bond acceptors (Lipinski definition) is 2. The number of benzene rings is 2. The minimum Gasteiger partial charge on any atom is -0.323 e. The van der Waals surface area contributed by atoms with Crippen molar-refractivity contribution in [3.8, 4) is 0 Å². The fraction of sp³-hybridized carbons (Fsp3) is 0.158. The Morgan fingerprint density at radius 1 is 1.17 bits per heavy atom. The van der Waals surface area contributed by atoms with Crippen molar-refractivity contribution in [2.75, 3.05) is 16.8 Å². The number of nitrogens with zero attached hydrogens (tertiary/aromatic N) is 1. The van der Waals surface area contributed by atoms with Crippen LogP contribution in [0.1, 0.15) is 18.1 Å². The first-order valence-electron chi connectivity index (χ1n) is 7.65. The van der Waals surface area contributed by atoms with Gasteiger partial charge in [-0.25, -0.2) is 0 Å². The van der Waals surface area contributed by atoms with Crippen LogP contribution >= 0.6 is 0 Å². The van der Waals surface area contributed by atoms with E-state index in [1.54, 1.807) is 12.1 Å². The molecule has 1 N–H and O–H groups in total. The lowest BCUT2D eigenvalue weighted by molar-refractivity contribution is -0.119. The summed E-state index contributed by atoms with van der Waals surface area (Å²) in [4.78, 5) is 25.7. The van der Waals surface area contributed by atoms with Crippen LogP contribution in [-0.2, 0) is 16.0 Å². The quantitative estimate of drug-likeness (QED) is 0.885. The Hall–Kier alpha value is -2.88. The second-order valence-electron chi connectivity index (χ2n) is 5.42. The predicted octanol–water partition coefficient (Wildman–Crippen LogP) is 3.25. The average molecular weight is 306 g/mol. The van der Waals surface area contributed by atoms with Gasteiger partial charge in [0.05, 0.1) is 11.4 Å². The van der Waals surface area contributed by atoms with Gasteiger partial charge >= 0.3 is 0 Å². The molecule has 2 amide bonds. The van der Waals surface area contributed by atoms with Crippen LogP contribution in [-0.4, -0.2) is 18.4 Å². The zero-order valence-electron chi connectivity index (χ0n) is 13.0. The van der Waals surface area contributed by atoms with Gasteiger partial charge in [0, 0.05) is 6.08 Å². The first kappa shape index (κ1) is 15.0. The number of para-hydroxylation sites is 2. The van der Waals surface area contributed by atoms with Gasteiger partial charge in [-0.1, -0.05) is 43.3 Å². The molecular formula is C19H18N2O2. The van der Waals surface area contributed by atoms with Gasteiger partial charge in [-0.05, 0) is 35.8 Å². The van der Waals surface area contributed by atoms with Crippen LogP contribution in [0.2, 0.25) is 0 Å². The van der Waals surface area contributed by atoms with Crippen LogP contribution in [0, 0.1) is 0 Å². The van der Waals surface area contributed by atoms with E-state index in [0.29, 0.717) is 5.69 Å². The molecule has 3 rings (SSSR count). The molecule has 116 valence electrons. The lowest BCUT2D eigenvalue weighted by Gasteiger charge is -2.28. The van der Waals surface area contributed by atoms with E-state index >= 15 is 0 Å². The van der Waals surface area contributed by atoms with Crippen molar-refractivity contribution in [3.05, 3.63) is 65.7 Å². The highest BCUT2D eigenvalue weighted by atomic mass is 16.2. The van der Waals surface area contributed by atoms with Crippen LogP contribution in [0.3, 0.4) is 0 Å². The molecule has 2 aromatic carbocycles. The number of rotatable bonds is 3. The molecule has 23 heavy (non-hydrogen) atoms. The molecule has 0 atom stereocenters. The van der Waals surface area contributed by atoms with E-state index in [1.807, 2.05) is 42.5 Å². The van der Waals surface area contributed by atoms with E-state index in [2.05, 4.69) is 12.2 Å². The topological polar surface area (TPSA) is 49.4 Å². The van der Waals surface area contributed by atoms with Crippen LogP contribution in [0.25, 0.3) is 6.08 Å². The SMILES string of the molecule is CCc1ccc(/C=C/C(=O)N2CC(=O)Nc3ccccc32)cc1. The summed E-state index contributed by atoms with van der Waals surface area (Å²) in [5.41, 5.74) is 3.61. The minimum absolute atomic E-state index is 0.0367. The summed E-state index contributed by atoms with van der Waals surface area (Å²) in [6, 6.07) is 15.4. The molecule has 0 aromatic heterocycles. The molecule has 0 unspecified atom stereocenters. The summed E-state index contributed by atoms with van der Waals surface area (Å²) >= 11 is 0. The molecule has 1 heterocycles. The average Bonchev–Trinajstić information content (AvgIpc) is 2.59. The number of fused-ring (bicyclic) bond motifs is 1. The van der Waals surface area contributed by atoms with Crippen molar-refractivity contribution in [1.82, 2.24) is 0 Å². The highest BCUT2D eigenvalue weighted by Gasteiger charge is 2.24. The van der Waals surface area contributed by atoms with Crippen molar-refractivity contribution in [1.29, 1.82) is 0 Å². The zero-order valence-corrected chi connectivity index (χ0v) is 13.0. The second-order valence-corrected chi connectivity index (χ2v) is 5.42. The first-order valence-corrected chi connectivity index (χ1v) is 7.65. The fourth-order valence-electron chi connectivity index (χ4n) is 2.55. The first-order chi connectivity index (χ1) is 11.2. The van der Waals surface area contributed by atoms with E-state index < -0.39 is 0 Å². The summed E-state index contributed by atoms with van der Waals surface area (Å²) in [5.74, 6) is -0.385. The molecule has 4 nitrogen and oxygen atoms in total. The Bertz CT molecular complexity index is 763. The molecule has 0 fully saturated rings. The maximum atomic E-state index is 12.5. The number of amides is 2. The summed E-state index contributed by atoms with van der Waals surface area (Å²) in [7, 11) is 0. The number of anilines is 2. The van der Waals surface area contributed by atoms with Crippen LogP contribution < -0.4 is 10.2 Å². The summed E-state index contributed by atoms with van der Waals surface area (Å²) < 4.78 is 0. The van der Waals surface area contributed by atoms with Gasteiger partial charge in [-0.15, -0.1) is 0 Å². The predicted molar refractivity (Wildman–Crippen MR) is 92.3 cm³/mol. The fourth-order valence-corrected chi connectivity index (χ4v) is 2.55. The molecule has 0 aliphatic carbocycles. The number of carbonyl (C=O) groups is 2. The Morgan fingerprint density at radius 2 is 1.91 bits per heavy atom. The highest BCUT2D eigenvalue weighted by Crippen LogP contribution is 2.29. The van der Waals surface area contributed by atoms with Crippen LogP contribution in [0.15, 0.2) is 54.6 Å². The largest absolute Gasteiger partial charge is 0.323 e. The van der Waals surface area contributed by atoms with Gasteiger partial charge in [0.2, 0.25) is 5.91 Å². The summed E-state index contributed by atoms with van der Waals surface area (Å²) in [6.07, 6.45) is 4.27. The van der Waals surface area contributed by atoms with Gasteiger partial charge in [0.1, 0.15) is 6.54 Å². The van der Waals surface area contributed by atoms with Crippen molar-refractivity contribution in [2.24, 2.45) is 0 Å². The Labute approximate surface area is 135 Å². The smallest absolute Gasteiger partial charge is 0.251 e. The third-order valence-corrected chi connectivity index (χ3v) is 3.84. The molecule has 4 heteroatoms. The minimum atomic E-state index is -0.202. The number of nitrogens with one attached hydrogen (secondary N) is 1. The van der Waals surface area contributed by atoms with E-state index in [1.165, 1.54) is 16.5 Å². The number of aryl methyl sites for hydroxylation is 1. The van der Waals surface area contributed by atoms with Gasteiger partial charge < -0.3 is 5.32 Å². The van der Waals surface area contributed by atoms with Crippen molar-refractivity contribution in [2.45, 2.75) is 13.3 Å². The van der Waals surface area contributed by atoms with Crippen LogP contribution in [0.4, 0.5) is 11.4 Å². The Kier molecular flexibility index (Phi) is 4.24. The van der Waals surface area contributed by atoms with Gasteiger partial charge in [-0.3, -0.25) is 14.5 Å². The maximum absolute atomic E-state index is 12.5. The van der Waals surface area contributed by atoms with E-state index in [0.717, 1.165) is 17.7 Å². The molecule has 1 aliphatic rings. The van der Waals surface area contributed by atoms with Crippen molar-refractivity contribution >= 4 is 29.3 Å². The molecule has 0 radical (unpaired) electrons. The molecule has 0 spiro atoms. The van der Waals surface area contributed by atoms with Gasteiger partial charge in [0.15, 0.2) is 0 Å². The van der Waals surface area contributed by atoms with E-state index in [-0.39, 0.29) is 18.4 Å². The van der Waals surface area contributed by atoms with Crippen molar-refractivity contribution in [3.63, 3.8) is 0 Å². The monoisotopic (exact) mass is 306 g/mol. The third-order valence-electron chi connectivity index (χ3n) is 3.84. The summed E-state index contributed by atoms with van der Waals surface area (Å²) in [6.45, 7) is 2.14. The standard InChI is InChI=1S/C19H18N2O2/c1-2-14-7-9-15(10-8-14)11-12-19(23)21-13-18(22)20-16-5-3-4-6-17(16)21/h3-12H,2,13H2,1H3,(H,20,22)/b12-11+. The van der Waals surface area contributed by atoms with E-state index in [9.17, 15) is 9.59 Å². The second kappa shape index (κ2) is 6.48. The lowest BCUT2D eigenvalue weighted by atomic mass is 10.1. The van der Waals surface area contributed by atoms with Crippen LogP contribution in [0.5, 0.6) is 0 Å². The molecule has 0 saturated heterocycles.